The van der Waals surface area contributed by atoms with Crippen molar-refractivity contribution in [2.24, 2.45) is 0 Å². The Morgan fingerprint density at radius 2 is 1.96 bits per heavy atom. The minimum atomic E-state index is -0.622. The maximum atomic E-state index is 12.3. The van der Waals surface area contributed by atoms with Crippen molar-refractivity contribution in [3.8, 4) is 17.0 Å². The zero-order valence-corrected chi connectivity index (χ0v) is 16.9. The first-order valence-corrected chi connectivity index (χ1v) is 10.4. The highest BCUT2D eigenvalue weighted by Gasteiger charge is 2.16. The Morgan fingerprint density at radius 3 is 2.68 bits per heavy atom. The predicted octanol–water partition coefficient (Wildman–Crippen LogP) is 4.34. The lowest BCUT2D eigenvalue weighted by atomic mass is 10.2. The third-order valence-electron chi connectivity index (χ3n) is 3.78. The molecule has 1 heterocycles. The molecule has 0 radical (unpaired) electrons. The summed E-state index contributed by atoms with van der Waals surface area (Å²) in [4.78, 5) is 29.7. The first-order valence-electron chi connectivity index (χ1n) is 8.30. The summed E-state index contributed by atoms with van der Waals surface area (Å²) < 4.78 is 10.3. The molecule has 1 aromatic heterocycles. The molecule has 144 valence electrons. The maximum Gasteiger partial charge on any atom is 0.342 e. The summed E-state index contributed by atoms with van der Waals surface area (Å²) >= 11 is 2.84. The first-order chi connectivity index (χ1) is 13.6. The zero-order valence-electron chi connectivity index (χ0n) is 15.3. The van der Waals surface area contributed by atoms with Crippen molar-refractivity contribution in [1.82, 2.24) is 4.98 Å². The molecule has 2 aromatic carbocycles. The molecule has 28 heavy (non-hydrogen) atoms. The fourth-order valence-corrected chi connectivity index (χ4v) is 3.57. The van der Waals surface area contributed by atoms with Crippen LogP contribution in [0.4, 0.5) is 5.13 Å². The summed E-state index contributed by atoms with van der Waals surface area (Å²) in [6, 6.07) is 14.8. The molecule has 0 aliphatic carbocycles. The van der Waals surface area contributed by atoms with Crippen molar-refractivity contribution in [3.05, 3.63) is 59.5 Å². The van der Waals surface area contributed by atoms with Gasteiger partial charge in [-0.2, -0.15) is 0 Å². The number of ether oxygens (including phenoxy) is 2. The molecule has 0 saturated heterocycles. The normalized spacial score (nSPS) is 10.4. The summed E-state index contributed by atoms with van der Waals surface area (Å²) in [6.45, 7) is -0.410. The number of carbonyl (C=O) groups excluding carboxylic acids is 2. The highest BCUT2D eigenvalue weighted by Crippen LogP contribution is 2.26. The molecule has 3 aromatic rings. The number of carbonyl (C=O) groups is 2. The second-order valence-electron chi connectivity index (χ2n) is 5.59. The molecule has 0 unspecified atom stereocenters. The minimum absolute atomic E-state index is 0.272. The third kappa shape index (κ3) is 4.90. The Bertz CT molecular complexity index is 973. The second kappa shape index (κ2) is 9.38. The van der Waals surface area contributed by atoms with Gasteiger partial charge in [0.25, 0.3) is 5.91 Å². The van der Waals surface area contributed by atoms with Gasteiger partial charge in [0.05, 0.1) is 12.8 Å². The van der Waals surface area contributed by atoms with Crippen LogP contribution in [0.3, 0.4) is 0 Å². The number of hydrogen-bond donors (Lipinski definition) is 1. The zero-order chi connectivity index (χ0) is 19.9. The van der Waals surface area contributed by atoms with E-state index < -0.39 is 18.5 Å². The van der Waals surface area contributed by atoms with Gasteiger partial charge < -0.3 is 9.47 Å². The number of esters is 1. The number of anilines is 1. The monoisotopic (exact) mass is 414 g/mol. The van der Waals surface area contributed by atoms with E-state index in [-0.39, 0.29) is 5.56 Å². The first kappa shape index (κ1) is 19.9. The lowest BCUT2D eigenvalue weighted by molar-refractivity contribution is -0.119. The van der Waals surface area contributed by atoms with E-state index in [2.05, 4.69) is 10.3 Å². The van der Waals surface area contributed by atoms with Gasteiger partial charge in [0.1, 0.15) is 11.3 Å². The molecule has 6 nitrogen and oxygen atoms in total. The van der Waals surface area contributed by atoms with E-state index in [1.165, 1.54) is 30.2 Å². The van der Waals surface area contributed by atoms with Crippen LogP contribution in [-0.2, 0) is 9.53 Å². The molecule has 0 aliphatic heterocycles. The number of hydrogen-bond acceptors (Lipinski definition) is 7. The molecule has 0 atom stereocenters. The SMILES string of the molecule is COc1cc(SC)ccc1C(=O)OCC(=O)Nc1nc(-c2ccccc2)cs1. The van der Waals surface area contributed by atoms with E-state index in [4.69, 9.17) is 9.47 Å². The highest BCUT2D eigenvalue weighted by molar-refractivity contribution is 7.98. The van der Waals surface area contributed by atoms with Gasteiger partial charge in [0.2, 0.25) is 0 Å². The van der Waals surface area contributed by atoms with Gasteiger partial charge in [0.15, 0.2) is 11.7 Å². The van der Waals surface area contributed by atoms with Crippen LogP contribution in [0.5, 0.6) is 5.75 Å². The number of amides is 1. The second-order valence-corrected chi connectivity index (χ2v) is 7.33. The van der Waals surface area contributed by atoms with Crippen LogP contribution in [0.1, 0.15) is 10.4 Å². The number of thiazole rings is 1. The van der Waals surface area contributed by atoms with Crippen molar-refractivity contribution in [1.29, 1.82) is 0 Å². The summed E-state index contributed by atoms with van der Waals surface area (Å²) in [5, 5.41) is 4.94. The Kier molecular flexibility index (Phi) is 6.67. The van der Waals surface area contributed by atoms with E-state index in [0.29, 0.717) is 10.9 Å². The van der Waals surface area contributed by atoms with Gasteiger partial charge in [-0.1, -0.05) is 30.3 Å². The van der Waals surface area contributed by atoms with E-state index in [9.17, 15) is 9.59 Å². The van der Waals surface area contributed by atoms with E-state index in [0.717, 1.165) is 16.2 Å². The lowest BCUT2D eigenvalue weighted by Gasteiger charge is -2.09. The molecule has 0 bridgehead atoms. The number of nitrogens with zero attached hydrogens (tertiary/aromatic N) is 1. The number of methoxy groups -OCH3 is 1. The number of rotatable bonds is 7. The Balaban J connectivity index is 1.57. The van der Waals surface area contributed by atoms with E-state index in [1.54, 1.807) is 18.2 Å². The summed E-state index contributed by atoms with van der Waals surface area (Å²) in [5.74, 6) is -0.671. The van der Waals surface area contributed by atoms with Crippen molar-refractivity contribution in [2.45, 2.75) is 4.90 Å². The average Bonchev–Trinajstić information content (AvgIpc) is 3.20. The fraction of sp³-hybridized carbons (Fsp3) is 0.150. The smallest absolute Gasteiger partial charge is 0.342 e. The number of thioether (sulfide) groups is 1. The third-order valence-corrected chi connectivity index (χ3v) is 5.27. The van der Waals surface area contributed by atoms with Crippen molar-refractivity contribution in [3.63, 3.8) is 0 Å². The van der Waals surface area contributed by atoms with Gasteiger partial charge in [-0.3, -0.25) is 10.1 Å². The van der Waals surface area contributed by atoms with Gasteiger partial charge in [-0.05, 0) is 24.5 Å². The quantitative estimate of drug-likeness (QED) is 0.458. The van der Waals surface area contributed by atoms with Gasteiger partial charge in [0, 0.05) is 15.8 Å². The molecule has 1 N–H and O–H groups in total. The topological polar surface area (TPSA) is 77.5 Å². The van der Waals surface area contributed by atoms with Gasteiger partial charge >= 0.3 is 5.97 Å². The van der Waals surface area contributed by atoms with Crippen LogP contribution >= 0.6 is 23.1 Å². The van der Waals surface area contributed by atoms with E-state index >= 15 is 0 Å². The molecule has 3 rings (SSSR count). The molecule has 0 fully saturated rings. The standard InChI is InChI=1S/C20H18N2O4S2/c1-25-17-10-14(27-2)8-9-15(17)19(24)26-11-18(23)22-20-21-16(12-28-20)13-6-4-3-5-7-13/h3-10,12H,11H2,1-2H3,(H,21,22,23). The summed E-state index contributed by atoms with van der Waals surface area (Å²) in [6.07, 6.45) is 1.93. The number of benzene rings is 2. The van der Waals surface area contributed by atoms with E-state index in [1.807, 2.05) is 42.0 Å². The van der Waals surface area contributed by atoms with Gasteiger partial charge in [-0.15, -0.1) is 23.1 Å². The molecular weight excluding hydrogens is 396 g/mol. The molecule has 1 amide bonds. The molecular formula is C20H18N2O4S2. The molecule has 0 aliphatic rings. The minimum Gasteiger partial charge on any atom is -0.496 e. The molecule has 8 heteroatoms. The predicted molar refractivity (Wildman–Crippen MR) is 111 cm³/mol. The highest BCUT2D eigenvalue weighted by atomic mass is 32.2. The number of aromatic nitrogens is 1. The van der Waals surface area contributed by atoms with Crippen LogP contribution in [0, 0.1) is 0 Å². The van der Waals surface area contributed by atoms with Crippen LogP contribution in [-0.4, -0.2) is 36.8 Å². The van der Waals surface area contributed by atoms with Gasteiger partial charge in [-0.25, -0.2) is 9.78 Å². The van der Waals surface area contributed by atoms with Crippen molar-refractivity contribution < 1.29 is 19.1 Å². The Hall–Kier alpha value is -2.84. The fourth-order valence-electron chi connectivity index (χ4n) is 2.40. The van der Waals surface area contributed by atoms with Crippen molar-refractivity contribution >= 4 is 40.1 Å². The number of nitrogens with one attached hydrogen (secondary N) is 1. The summed E-state index contributed by atoms with van der Waals surface area (Å²) in [7, 11) is 1.48. The lowest BCUT2D eigenvalue weighted by Crippen LogP contribution is -2.21. The van der Waals surface area contributed by atoms with Crippen molar-refractivity contribution in [2.75, 3.05) is 25.3 Å². The van der Waals surface area contributed by atoms with Crippen LogP contribution in [0.15, 0.2) is 58.8 Å². The van der Waals surface area contributed by atoms with Crippen LogP contribution in [0.2, 0.25) is 0 Å². The Morgan fingerprint density at radius 1 is 1.18 bits per heavy atom. The largest absolute Gasteiger partial charge is 0.496 e. The molecule has 0 spiro atoms. The van der Waals surface area contributed by atoms with Crippen LogP contribution in [0.25, 0.3) is 11.3 Å². The summed E-state index contributed by atoms with van der Waals surface area (Å²) in [5.41, 5.74) is 2.01. The van der Waals surface area contributed by atoms with Crippen LogP contribution < -0.4 is 10.1 Å². The molecule has 0 saturated carbocycles. The maximum absolute atomic E-state index is 12.3. The Labute approximate surface area is 170 Å². The average molecular weight is 415 g/mol.